The topological polar surface area (TPSA) is 0 Å². The van der Waals surface area contributed by atoms with Gasteiger partial charge in [0, 0.05) is 0 Å². The minimum Gasteiger partial charge on any atom is -0.0686 e. The Balaban J connectivity index is 2.00. The quantitative estimate of drug-likeness (QED) is 0.529. The zero-order valence-corrected chi connectivity index (χ0v) is 9.03. The van der Waals surface area contributed by atoms with Crippen LogP contribution in [0.25, 0.3) is 0 Å². The van der Waals surface area contributed by atoms with E-state index in [1.807, 2.05) is 0 Å². The smallest absolute Gasteiger partial charge is 0.00612 e. The molecule has 3 aliphatic rings. The van der Waals surface area contributed by atoms with Gasteiger partial charge in [0.15, 0.2) is 0 Å². The van der Waals surface area contributed by atoms with Crippen molar-refractivity contribution in [3.63, 3.8) is 0 Å². The van der Waals surface area contributed by atoms with E-state index in [1.54, 1.807) is 27.9 Å². The highest BCUT2D eigenvalue weighted by molar-refractivity contribution is 5.53. The zero-order valence-electron chi connectivity index (χ0n) is 9.03. The lowest BCUT2D eigenvalue weighted by molar-refractivity contribution is 0.637. The summed E-state index contributed by atoms with van der Waals surface area (Å²) in [6.07, 6.45) is 12.0. The van der Waals surface area contributed by atoms with E-state index >= 15 is 0 Å². The Bertz CT molecular complexity index is 363. The van der Waals surface area contributed by atoms with Crippen LogP contribution in [0.2, 0.25) is 0 Å². The Morgan fingerprint density at radius 3 is 2.71 bits per heavy atom. The van der Waals surface area contributed by atoms with Gasteiger partial charge in [-0.25, -0.2) is 0 Å². The van der Waals surface area contributed by atoms with E-state index in [1.165, 1.54) is 44.9 Å². The van der Waals surface area contributed by atoms with Crippen LogP contribution in [0.4, 0.5) is 0 Å². The van der Waals surface area contributed by atoms with Gasteiger partial charge in [0.25, 0.3) is 0 Å². The molecule has 0 bridgehead atoms. The maximum absolute atomic E-state index is 2.44. The molecule has 0 aromatic heterocycles. The van der Waals surface area contributed by atoms with Crippen LogP contribution in [-0.4, -0.2) is 0 Å². The summed E-state index contributed by atoms with van der Waals surface area (Å²) < 4.78 is 0. The lowest BCUT2D eigenvalue weighted by atomic mass is 9.79. The molecule has 0 nitrogen and oxygen atoms in total. The highest BCUT2D eigenvalue weighted by atomic mass is 14.3. The summed E-state index contributed by atoms with van der Waals surface area (Å²) in [5, 5.41) is 0. The van der Waals surface area contributed by atoms with Gasteiger partial charge in [-0.1, -0.05) is 17.2 Å². The van der Waals surface area contributed by atoms with Crippen molar-refractivity contribution in [2.75, 3.05) is 0 Å². The van der Waals surface area contributed by atoms with E-state index in [0.717, 1.165) is 0 Å². The fraction of sp³-hybridized carbons (Fsp3) is 0.571. The summed E-state index contributed by atoms with van der Waals surface area (Å²) in [5.74, 6) is 0. The van der Waals surface area contributed by atoms with Gasteiger partial charge in [0.1, 0.15) is 0 Å². The van der Waals surface area contributed by atoms with Crippen LogP contribution in [0.3, 0.4) is 0 Å². The number of allylic oxidation sites excluding steroid dienone is 6. The fourth-order valence-corrected chi connectivity index (χ4v) is 3.25. The molecule has 0 radical (unpaired) electrons. The van der Waals surface area contributed by atoms with Crippen molar-refractivity contribution in [1.82, 2.24) is 0 Å². The molecular formula is C14H18. The maximum Gasteiger partial charge on any atom is -0.00612 e. The molecule has 0 N–H and O–H groups in total. The molecule has 74 valence electrons. The Kier molecular flexibility index (Phi) is 1.90. The molecule has 0 fully saturated rings. The van der Waals surface area contributed by atoms with Crippen LogP contribution >= 0.6 is 0 Å². The van der Waals surface area contributed by atoms with E-state index in [0.29, 0.717) is 0 Å². The van der Waals surface area contributed by atoms with Gasteiger partial charge in [-0.3, -0.25) is 0 Å². The Labute approximate surface area is 86.4 Å². The van der Waals surface area contributed by atoms with E-state index in [-0.39, 0.29) is 0 Å². The van der Waals surface area contributed by atoms with Gasteiger partial charge in [0.05, 0.1) is 0 Å². The first-order valence-electron chi connectivity index (χ1n) is 5.95. The molecule has 0 aliphatic heterocycles. The largest absolute Gasteiger partial charge is 0.0686 e. The minimum atomic E-state index is 1.26. The van der Waals surface area contributed by atoms with Crippen LogP contribution in [0.1, 0.15) is 51.9 Å². The van der Waals surface area contributed by atoms with E-state index in [4.69, 9.17) is 0 Å². The standard InChI is InChI=1S/C14H18/c1-10-8-12-7-6-11-4-2-3-5-13(11)14(12)9-10/h8H,2-7,9H2,1H3. The van der Waals surface area contributed by atoms with Gasteiger partial charge in [-0.2, -0.15) is 0 Å². The molecule has 0 aromatic carbocycles. The lowest BCUT2D eigenvalue weighted by Crippen LogP contribution is -2.07. The second kappa shape index (κ2) is 3.12. The molecule has 0 aromatic rings. The molecule has 0 saturated carbocycles. The van der Waals surface area contributed by atoms with E-state index in [2.05, 4.69) is 13.0 Å². The van der Waals surface area contributed by atoms with Crippen molar-refractivity contribution in [2.24, 2.45) is 0 Å². The van der Waals surface area contributed by atoms with Crippen molar-refractivity contribution < 1.29 is 0 Å². The average molecular weight is 186 g/mol. The van der Waals surface area contributed by atoms with Crippen LogP contribution in [0.15, 0.2) is 33.9 Å². The summed E-state index contributed by atoms with van der Waals surface area (Å²) in [4.78, 5) is 0. The molecule has 3 aliphatic carbocycles. The van der Waals surface area contributed by atoms with Gasteiger partial charge in [-0.05, 0) is 68.6 Å². The molecule has 0 spiro atoms. The van der Waals surface area contributed by atoms with E-state index in [9.17, 15) is 0 Å². The van der Waals surface area contributed by atoms with Crippen LogP contribution in [0.5, 0.6) is 0 Å². The van der Waals surface area contributed by atoms with Crippen molar-refractivity contribution in [3.05, 3.63) is 33.9 Å². The molecule has 3 rings (SSSR count). The molecule has 0 amide bonds. The number of fused-ring (bicyclic) bond motifs is 1. The Morgan fingerprint density at radius 1 is 0.929 bits per heavy atom. The molecule has 0 atom stereocenters. The molecule has 0 unspecified atom stereocenters. The third-order valence-corrected chi connectivity index (χ3v) is 3.91. The summed E-state index contributed by atoms with van der Waals surface area (Å²) >= 11 is 0. The summed E-state index contributed by atoms with van der Waals surface area (Å²) in [6, 6.07) is 0. The molecule has 0 saturated heterocycles. The fourth-order valence-electron chi connectivity index (χ4n) is 3.25. The predicted molar refractivity (Wildman–Crippen MR) is 60.1 cm³/mol. The number of hydrogen-bond acceptors (Lipinski definition) is 0. The molecule has 0 heteroatoms. The van der Waals surface area contributed by atoms with Crippen LogP contribution in [-0.2, 0) is 0 Å². The third kappa shape index (κ3) is 1.20. The average Bonchev–Trinajstić information content (AvgIpc) is 2.59. The van der Waals surface area contributed by atoms with Gasteiger partial charge in [-0.15, -0.1) is 0 Å². The van der Waals surface area contributed by atoms with E-state index < -0.39 is 0 Å². The first kappa shape index (κ1) is 8.52. The van der Waals surface area contributed by atoms with Gasteiger partial charge >= 0.3 is 0 Å². The molecule has 14 heavy (non-hydrogen) atoms. The second-order valence-electron chi connectivity index (χ2n) is 4.96. The van der Waals surface area contributed by atoms with Gasteiger partial charge < -0.3 is 0 Å². The third-order valence-electron chi connectivity index (χ3n) is 3.91. The summed E-state index contributed by atoms with van der Waals surface area (Å²) in [7, 11) is 0. The van der Waals surface area contributed by atoms with Crippen molar-refractivity contribution >= 4 is 0 Å². The molecular weight excluding hydrogens is 168 g/mol. The first-order chi connectivity index (χ1) is 6.84. The van der Waals surface area contributed by atoms with Crippen molar-refractivity contribution in [3.8, 4) is 0 Å². The minimum absolute atomic E-state index is 1.26. The maximum atomic E-state index is 2.44. The first-order valence-corrected chi connectivity index (χ1v) is 5.95. The van der Waals surface area contributed by atoms with Crippen LogP contribution in [0, 0.1) is 0 Å². The summed E-state index contributed by atoms with van der Waals surface area (Å²) in [5.41, 5.74) is 8.55. The normalized spacial score (nSPS) is 26.2. The summed E-state index contributed by atoms with van der Waals surface area (Å²) in [6.45, 7) is 2.28. The zero-order chi connectivity index (χ0) is 9.54. The number of hydrogen-bond donors (Lipinski definition) is 0. The molecule has 0 heterocycles. The highest BCUT2D eigenvalue weighted by Gasteiger charge is 2.25. The lowest BCUT2D eigenvalue weighted by Gasteiger charge is -2.26. The van der Waals surface area contributed by atoms with Crippen molar-refractivity contribution in [2.45, 2.75) is 51.9 Å². The second-order valence-corrected chi connectivity index (χ2v) is 4.96. The monoisotopic (exact) mass is 186 g/mol. The van der Waals surface area contributed by atoms with Crippen molar-refractivity contribution in [1.29, 1.82) is 0 Å². The highest BCUT2D eigenvalue weighted by Crippen LogP contribution is 2.44. The SMILES string of the molecule is CC1=CC2=C(C1)C1=C(CCCC1)CC2. The number of rotatable bonds is 0. The van der Waals surface area contributed by atoms with Crippen LogP contribution < -0.4 is 0 Å². The Hall–Kier alpha value is -0.780. The predicted octanol–water partition coefficient (Wildman–Crippen LogP) is 4.30. The Morgan fingerprint density at radius 2 is 1.79 bits per heavy atom. The van der Waals surface area contributed by atoms with Gasteiger partial charge in [0.2, 0.25) is 0 Å².